The number of carbonyl (C=O) groups excluding carboxylic acids is 1. The molecule has 0 radical (unpaired) electrons. The van der Waals surface area contributed by atoms with Crippen LogP contribution in [0.4, 0.5) is 5.69 Å². The number of aryl methyl sites for hydroxylation is 2. The highest BCUT2D eigenvalue weighted by molar-refractivity contribution is 7.08. The first-order valence-corrected chi connectivity index (χ1v) is 6.52. The Morgan fingerprint density at radius 3 is 2.94 bits per heavy atom. The average Bonchev–Trinajstić information content (AvgIpc) is 2.81. The van der Waals surface area contributed by atoms with Crippen molar-refractivity contribution in [1.82, 2.24) is 14.6 Å². The third-order valence-electron chi connectivity index (χ3n) is 2.40. The molecule has 18 heavy (non-hydrogen) atoms. The third-order valence-corrected chi connectivity index (χ3v) is 3.37. The van der Waals surface area contributed by atoms with Crippen molar-refractivity contribution in [2.24, 2.45) is 0 Å². The van der Waals surface area contributed by atoms with Crippen LogP contribution in [0.1, 0.15) is 28.0 Å². The van der Waals surface area contributed by atoms with Crippen LogP contribution in [0.15, 0.2) is 12.1 Å². The van der Waals surface area contributed by atoms with Gasteiger partial charge in [0.1, 0.15) is 10.0 Å². The summed E-state index contributed by atoms with van der Waals surface area (Å²) in [6.07, 6.45) is 0.678. The van der Waals surface area contributed by atoms with E-state index in [4.69, 9.17) is 11.6 Å². The smallest absolute Gasteiger partial charge is 0.269 e. The lowest BCUT2D eigenvalue weighted by molar-refractivity contribution is 0.102. The van der Waals surface area contributed by atoms with E-state index in [1.807, 2.05) is 6.92 Å². The molecule has 0 aliphatic heterocycles. The van der Waals surface area contributed by atoms with E-state index in [2.05, 4.69) is 19.9 Å². The summed E-state index contributed by atoms with van der Waals surface area (Å²) in [4.78, 5) is 16.7. The summed E-state index contributed by atoms with van der Waals surface area (Å²) in [7, 11) is 0. The minimum atomic E-state index is -0.214. The van der Waals surface area contributed by atoms with Gasteiger partial charge in [0.05, 0.1) is 17.1 Å². The Morgan fingerprint density at radius 2 is 2.28 bits per heavy atom. The molecule has 0 spiro atoms. The largest absolute Gasteiger partial charge is 0.320 e. The standard InChI is InChI=1S/C11H11ClN4OS/c1-3-7-10(18-16-15-7)11(17)14-8-4-5-9(12)13-6(8)2/h4-5H,3H2,1-2H3,(H,14,17). The average molecular weight is 283 g/mol. The number of rotatable bonds is 3. The second kappa shape index (κ2) is 5.41. The number of carbonyl (C=O) groups is 1. The van der Waals surface area contributed by atoms with Crippen molar-refractivity contribution in [1.29, 1.82) is 0 Å². The van der Waals surface area contributed by atoms with Crippen molar-refractivity contribution in [3.63, 3.8) is 0 Å². The molecule has 2 aromatic heterocycles. The maximum absolute atomic E-state index is 12.1. The van der Waals surface area contributed by atoms with E-state index in [1.54, 1.807) is 19.1 Å². The molecular formula is C11H11ClN4OS. The van der Waals surface area contributed by atoms with Crippen molar-refractivity contribution in [3.8, 4) is 0 Å². The Balaban J connectivity index is 2.21. The first kappa shape index (κ1) is 12.9. The number of nitrogens with one attached hydrogen (secondary N) is 1. The number of halogens is 1. The number of nitrogens with zero attached hydrogens (tertiary/aromatic N) is 3. The Kier molecular flexibility index (Phi) is 3.88. The quantitative estimate of drug-likeness (QED) is 0.879. The van der Waals surface area contributed by atoms with Crippen LogP contribution in [0.3, 0.4) is 0 Å². The van der Waals surface area contributed by atoms with Crippen molar-refractivity contribution in [2.75, 3.05) is 5.32 Å². The molecule has 5 nitrogen and oxygen atoms in total. The van der Waals surface area contributed by atoms with Gasteiger partial charge in [-0.1, -0.05) is 23.0 Å². The topological polar surface area (TPSA) is 67.8 Å². The summed E-state index contributed by atoms with van der Waals surface area (Å²) in [6.45, 7) is 3.72. The van der Waals surface area contributed by atoms with Gasteiger partial charge in [0.15, 0.2) is 0 Å². The highest BCUT2D eigenvalue weighted by Gasteiger charge is 2.16. The summed E-state index contributed by atoms with van der Waals surface area (Å²) in [5.41, 5.74) is 2.02. The third kappa shape index (κ3) is 2.65. The monoisotopic (exact) mass is 282 g/mol. The predicted octanol–water partition coefficient (Wildman–Crippen LogP) is 2.71. The maximum atomic E-state index is 12.1. The molecule has 2 heterocycles. The zero-order valence-corrected chi connectivity index (χ0v) is 11.5. The van der Waals surface area contributed by atoms with Gasteiger partial charge < -0.3 is 5.32 Å². The van der Waals surface area contributed by atoms with Crippen LogP contribution in [0.2, 0.25) is 5.15 Å². The molecule has 0 aliphatic rings. The second-order valence-corrected chi connectivity index (χ2v) is 4.76. The van der Waals surface area contributed by atoms with E-state index in [0.29, 0.717) is 33.5 Å². The van der Waals surface area contributed by atoms with E-state index in [9.17, 15) is 4.79 Å². The van der Waals surface area contributed by atoms with E-state index in [0.717, 1.165) is 11.5 Å². The summed E-state index contributed by atoms with van der Waals surface area (Å²) in [5, 5.41) is 7.09. The highest BCUT2D eigenvalue weighted by atomic mass is 35.5. The van der Waals surface area contributed by atoms with Crippen LogP contribution >= 0.6 is 23.1 Å². The molecule has 2 rings (SSSR count). The van der Waals surface area contributed by atoms with E-state index in [-0.39, 0.29) is 5.91 Å². The molecular weight excluding hydrogens is 272 g/mol. The highest BCUT2D eigenvalue weighted by Crippen LogP contribution is 2.18. The molecule has 0 saturated carbocycles. The Bertz CT molecular complexity index is 584. The zero-order chi connectivity index (χ0) is 13.1. The fourth-order valence-corrected chi connectivity index (χ4v) is 2.29. The zero-order valence-electron chi connectivity index (χ0n) is 9.90. The Morgan fingerprint density at radius 1 is 1.50 bits per heavy atom. The Hall–Kier alpha value is -1.53. The van der Waals surface area contributed by atoms with E-state index >= 15 is 0 Å². The van der Waals surface area contributed by atoms with Crippen LogP contribution < -0.4 is 5.32 Å². The van der Waals surface area contributed by atoms with Crippen LogP contribution in [0.25, 0.3) is 0 Å². The van der Waals surface area contributed by atoms with Crippen molar-refractivity contribution in [2.45, 2.75) is 20.3 Å². The van der Waals surface area contributed by atoms with Crippen molar-refractivity contribution < 1.29 is 4.79 Å². The predicted molar refractivity (Wildman–Crippen MR) is 71.2 cm³/mol. The van der Waals surface area contributed by atoms with Crippen LogP contribution in [0.5, 0.6) is 0 Å². The molecule has 0 atom stereocenters. The minimum Gasteiger partial charge on any atom is -0.320 e. The fourth-order valence-electron chi connectivity index (χ4n) is 1.45. The molecule has 1 amide bonds. The second-order valence-electron chi connectivity index (χ2n) is 3.62. The van der Waals surface area contributed by atoms with Gasteiger partial charge in [-0.2, -0.15) is 0 Å². The molecule has 0 aromatic carbocycles. The van der Waals surface area contributed by atoms with Crippen LogP contribution in [-0.4, -0.2) is 20.5 Å². The number of hydrogen-bond donors (Lipinski definition) is 1. The molecule has 2 aromatic rings. The minimum absolute atomic E-state index is 0.214. The van der Waals surface area contributed by atoms with Gasteiger partial charge in [-0.25, -0.2) is 4.98 Å². The van der Waals surface area contributed by atoms with Gasteiger partial charge in [0.2, 0.25) is 0 Å². The number of hydrogen-bond acceptors (Lipinski definition) is 5. The summed E-state index contributed by atoms with van der Waals surface area (Å²) >= 11 is 6.85. The molecule has 0 saturated heterocycles. The van der Waals surface area contributed by atoms with Gasteiger partial charge >= 0.3 is 0 Å². The number of pyridine rings is 1. The molecule has 0 fully saturated rings. The van der Waals surface area contributed by atoms with Crippen molar-refractivity contribution >= 4 is 34.7 Å². The maximum Gasteiger partial charge on any atom is 0.269 e. The van der Waals surface area contributed by atoms with E-state index in [1.165, 1.54) is 0 Å². The molecule has 0 aliphatic carbocycles. The first-order valence-electron chi connectivity index (χ1n) is 5.37. The van der Waals surface area contributed by atoms with Crippen molar-refractivity contribution in [3.05, 3.63) is 33.6 Å². The van der Waals surface area contributed by atoms with Gasteiger partial charge in [-0.15, -0.1) is 5.10 Å². The lowest BCUT2D eigenvalue weighted by Crippen LogP contribution is -2.13. The van der Waals surface area contributed by atoms with Gasteiger partial charge in [-0.05, 0) is 37.0 Å². The normalized spacial score (nSPS) is 10.4. The van der Waals surface area contributed by atoms with Crippen LogP contribution in [0, 0.1) is 6.92 Å². The number of amides is 1. The summed E-state index contributed by atoms with van der Waals surface area (Å²) in [5.74, 6) is -0.214. The summed E-state index contributed by atoms with van der Waals surface area (Å²) < 4.78 is 3.79. The molecule has 0 bridgehead atoms. The molecule has 0 unspecified atom stereocenters. The Labute approximate surface area is 113 Å². The molecule has 94 valence electrons. The van der Waals surface area contributed by atoms with E-state index < -0.39 is 0 Å². The number of anilines is 1. The fraction of sp³-hybridized carbons (Fsp3) is 0.273. The number of aromatic nitrogens is 3. The van der Waals surface area contributed by atoms with Gasteiger partial charge in [0, 0.05) is 0 Å². The summed E-state index contributed by atoms with van der Waals surface area (Å²) in [6, 6.07) is 3.36. The first-order chi connectivity index (χ1) is 8.61. The van der Waals surface area contributed by atoms with Gasteiger partial charge in [0.25, 0.3) is 5.91 Å². The lowest BCUT2D eigenvalue weighted by atomic mass is 10.2. The molecule has 7 heteroatoms. The van der Waals surface area contributed by atoms with Crippen LogP contribution in [-0.2, 0) is 6.42 Å². The SMILES string of the molecule is CCc1nnsc1C(=O)Nc1ccc(Cl)nc1C. The van der Waals surface area contributed by atoms with Gasteiger partial charge in [-0.3, -0.25) is 4.79 Å². The molecule has 1 N–H and O–H groups in total. The lowest BCUT2D eigenvalue weighted by Gasteiger charge is -2.06.